The molecule has 0 radical (unpaired) electrons. The summed E-state index contributed by atoms with van der Waals surface area (Å²) in [6, 6.07) is 23.4. The number of aliphatic hydroxyl groups is 2. The molecule has 4 aromatic carbocycles. The fraction of sp³-hybridized carbons (Fsp3) is 0.433. The second kappa shape index (κ2) is 30.9. The number of aliphatic hydroxyl groups excluding tert-OH is 2. The van der Waals surface area contributed by atoms with Gasteiger partial charge in [0.1, 0.15) is 22.8 Å². The lowest BCUT2D eigenvalue weighted by Gasteiger charge is -2.26. The monoisotopic (exact) mass is 1270 g/mol. The van der Waals surface area contributed by atoms with E-state index in [4.69, 9.17) is 18.1 Å². The Labute approximate surface area is 506 Å². The highest BCUT2D eigenvalue weighted by atomic mass is 31.2. The molecule has 2 heterocycles. The zero-order valence-corrected chi connectivity index (χ0v) is 51.3. The Morgan fingerprint density at radius 2 is 0.841 bits per heavy atom. The third-order valence-corrected chi connectivity index (χ3v) is 18.6. The van der Waals surface area contributed by atoms with Crippen LogP contribution in [-0.4, -0.2) is 94.7 Å². The van der Waals surface area contributed by atoms with Crippen molar-refractivity contribution in [3.8, 4) is 0 Å². The van der Waals surface area contributed by atoms with Crippen LogP contribution in [0.2, 0.25) is 0 Å². The molecule has 8 rings (SSSR count). The minimum absolute atomic E-state index is 0.0645. The average molecular weight is 1270 g/mol. The highest BCUT2D eigenvalue weighted by Crippen LogP contribution is 2.52. The zero-order valence-electron chi connectivity index (χ0n) is 49.6. The number of anilines is 8. The van der Waals surface area contributed by atoms with E-state index in [2.05, 4.69) is 51.8 Å². The van der Waals surface area contributed by atoms with Gasteiger partial charge < -0.3 is 60.2 Å². The molecule has 6 aromatic rings. The number of rotatable bonds is 24. The van der Waals surface area contributed by atoms with Crippen LogP contribution < -0.4 is 31.9 Å². The number of nitrogens with one attached hydrogen (secondary N) is 6. The Morgan fingerprint density at radius 3 is 1.14 bits per heavy atom. The van der Waals surface area contributed by atoms with Crippen LogP contribution >= 0.6 is 15.2 Å². The predicted molar refractivity (Wildman–Crippen MR) is 323 cm³/mol. The van der Waals surface area contributed by atoms with Crippen molar-refractivity contribution in [3.05, 3.63) is 142 Å². The summed E-state index contributed by atoms with van der Waals surface area (Å²) in [5.74, 6) is -1.95. The molecule has 0 unspecified atom stereocenters. The van der Waals surface area contributed by atoms with E-state index in [-0.39, 0.29) is 97.2 Å². The van der Waals surface area contributed by atoms with Gasteiger partial charge in [-0.3, -0.25) is 18.7 Å². The van der Waals surface area contributed by atoms with Crippen molar-refractivity contribution in [1.29, 1.82) is 0 Å². The van der Waals surface area contributed by atoms with Gasteiger partial charge in [-0.1, -0.05) is 36.4 Å². The lowest BCUT2D eigenvalue weighted by molar-refractivity contribution is -0.138. The number of hydrogen-bond donors (Lipinski definition) is 8. The lowest BCUT2D eigenvalue weighted by Crippen LogP contribution is -2.21. The van der Waals surface area contributed by atoms with Crippen LogP contribution in [0.5, 0.6) is 0 Å². The van der Waals surface area contributed by atoms with E-state index in [0.717, 1.165) is 36.8 Å². The number of alkyl halides is 6. The summed E-state index contributed by atoms with van der Waals surface area (Å²) in [5.41, 5.74) is 2.53. The highest BCUT2D eigenvalue weighted by molar-refractivity contribution is 7.53. The summed E-state index contributed by atoms with van der Waals surface area (Å²) in [7, 11) is -3.73. The van der Waals surface area contributed by atoms with Crippen molar-refractivity contribution in [3.63, 3.8) is 0 Å². The quantitative estimate of drug-likeness (QED) is 0.0207. The third-order valence-electron chi connectivity index (χ3n) is 14.5. The molecule has 88 heavy (non-hydrogen) atoms. The second-order valence-electron chi connectivity index (χ2n) is 20.8. The first kappa shape index (κ1) is 68.5. The summed E-state index contributed by atoms with van der Waals surface area (Å²) in [6.07, 6.45) is -3.16. The summed E-state index contributed by atoms with van der Waals surface area (Å²) >= 11 is 0. The van der Waals surface area contributed by atoms with Gasteiger partial charge in [0.25, 0.3) is 11.8 Å². The van der Waals surface area contributed by atoms with E-state index in [0.29, 0.717) is 60.6 Å². The van der Waals surface area contributed by atoms with Crippen LogP contribution in [0.15, 0.2) is 97.3 Å². The number of nitrogens with zero attached hydrogens (tertiary/aromatic N) is 4. The molecule has 2 fully saturated rings. The van der Waals surface area contributed by atoms with Crippen LogP contribution in [0.25, 0.3) is 0 Å². The van der Waals surface area contributed by atoms with Gasteiger partial charge in [0.15, 0.2) is 0 Å². The van der Waals surface area contributed by atoms with Crippen molar-refractivity contribution in [2.75, 3.05) is 61.8 Å². The minimum Gasteiger partial charge on any atom is -0.393 e. The number of aromatic nitrogens is 4. The second-order valence-corrected chi connectivity index (χ2v) is 24.9. The molecular weight excluding hydrogens is 1200 g/mol. The topological polar surface area (TPSA) is 269 Å². The van der Waals surface area contributed by atoms with Crippen molar-refractivity contribution in [2.24, 2.45) is 0 Å². The first-order valence-electron chi connectivity index (χ1n) is 28.9. The van der Waals surface area contributed by atoms with Gasteiger partial charge >= 0.3 is 27.5 Å². The van der Waals surface area contributed by atoms with Gasteiger partial charge in [-0.2, -0.15) is 36.3 Å². The fourth-order valence-electron chi connectivity index (χ4n) is 10.2. The molecule has 8 N–H and O–H groups in total. The van der Waals surface area contributed by atoms with E-state index in [1.54, 1.807) is 113 Å². The number of hydrogen-bond acceptors (Lipinski definition) is 18. The van der Waals surface area contributed by atoms with Gasteiger partial charge in [-0.25, -0.2) is 9.97 Å². The number of carbonyl (C=O) groups excluding carboxylic acids is 2. The van der Waals surface area contributed by atoms with Gasteiger partial charge in [0, 0.05) is 37.9 Å². The molecule has 0 saturated heterocycles. The Morgan fingerprint density at radius 1 is 0.511 bits per heavy atom. The average Bonchev–Trinajstić information content (AvgIpc) is 1.55. The smallest absolute Gasteiger partial charge is 0.393 e. The molecule has 2 aromatic heterocycles. The molecule has 20 nitrogen and oxygen atoms in total. The molecule has 0 spiro atoms. The van der Waals surface area contributed by atoms with E-state index >= 15 is 0 Å². The summed E-state index contributed by atoms with van der Waals surface area (Å²) < 4.78 is 131. The summed E-state index contributed by atoms with van der Waals surface area (Å²) in [5, 5.41) is 36.0. The standard InChI is InChI=1S/2C30H37F3N5O5P/c2*1-4-42-44(41,43-5-2)18-19-6-11-22(12-7-19)36-29-35-17-25(30(31,32)33)27(38-29)37-26-15-10-21(16-24(26)28(40)34-3)20-8-13-23(39)14-9-20/h2*6-7,10-12,15-17,20,23,39H,4-5,8-9,13-14,18H2,1-3H3,(H,34,40)(H2,35,36,37,38). The largest absolute Gasteiger partial charge is 0.421 e. The third kappa shape index (κ3) is 19.0. The normalized spacial score (nSPS) is 17.2. The number of benzene rings is 4. The summed E-state index contributed by atoms with van der Waals surface area (Å²) in [4.78, 5) is 41.5. The maximum atomic E-state index is 14.0. The molecule has 0 aliphatic heterocycles. The zero-order chi connectivity index (χ0) is 63.8. The van der Waals surface area contributed by atoms with Crippen LogP contribution in [-0.2, 0) is 51.9 Å². The van der Waals surface area contributed by atoms with E-state index in [9.17, 15) is 55.3 Å². The first-order chi connectivity index (χ1) is 41.9. The lowest BCUT2D eigenvalue weighted by atomic mass is 9.82. The molecule has 0 bridgehead atoms. The van der Waals surface area contributed by atoms with Crippen molar-refractivity contribution >= 4 is 73.3 Å². The molecule has 28 heteroatoms. The molecule has 2 saturated carbocycles. The molecule has 476 valence electrons. The Kier molecular flexibility index (Phi) is 24.1. The number of carbonyl (C=O) groups is 2. The van der Waals surface area contributed by atoms with Gasteiger partial charge in [-0.05, 0) is 162 Å². The molecule has 2 aliphatic rings. The maximum Gasteiger partial charge on any atom is 0.421 e. The number of amides is 2. The van der Waals surface area contributed by atoms with Crippen molar-refractivity contribution in [2.45, 2.75) is 128 Å². The van der Waals surface area contributed by atoms with Crippen LogP contribution in [0.4, 0.5) is 72.6 Å². The van der Waals surface area contributed by atoms with Crippen molar-refractivity contribution < 1.29 is 73.4 Å². The minimum atomic E-state index is -4.77. The SMILES string of the molecule is CCOP(=O)(Cc1ccc(Nc2ncc(C(F)(F)F)c(Nc3ccc(C4CCC(O)CC4)cc3C(=O)NC)n2)cc1)OCC.CCOP(=O)(Cc1ccc(Nc2ncc(C(F)(F)F)c(Nc3ccc(C4CCC(O)CC4)cc3C(=O)NC)n2)cc1)OCC. The van der Waals surface area contributed by atoms with Gasteiger partial charge in [0.05, 0.1) is 73.5 Å². The van der Waals surface area contributed by atoms with Crippen molar-refractivity contribution in [1.82, 2.24) is 30.6 Å². The Bertz CT molecular complexity index is 3160. The molecule has 2 aliphatic carbocycles. The Hall–Kier alpha value is -7.02. The van der Waals surface area contributed by atoms with Crippen LogP contribution in [0.1, 0.15) is 145 Å². The predicted octanol–water partition coefficient (Wildman–Crippen LogP) is 14.3. The first-order valence-corrected chi connectivity index (χ1v) is 32.3. The Balaban J connectivity index is 0.000000251. The fourth-order valence-corrected chi connectivity index (χ4v) is 13.6. The molecule has 0 atom stereocenters. The van der Waals surface area contributed by atoms with E-state index < -0.39 is 62.1 Å². The molecule has 2 amide bonds. The van der Waals surface area contributed by atoms with Gasteiger partial charge in [-0.15, -0.1) is 0 Å². The maximum absolute atomic E-state index is 14.0. The van der Waals surface area contributed by atoms with Gasteiger partial charge in [0.2, 0.25) is 11.9 Å². The van der Waals surface area contributed by atoms with Crippen LogP contribution in [0.3, 0.4) is 0 Å². The van der Waals surface area contributed by atoms with Crippen LogP contribution in [0, 0.1) is 0 Å². The van der Waals surface area contributed by atoms with E-state index in [1.165, 1.54) is 14.1 Å². The highest BCUT2D eigenvalue weighted by Gasteiger charge is 2.38. The van der Waals surface area contributed by atoms with E-state index in [1.807, 2.05) is 0 Å². The molecular formula is C60H74F6N10O10P2. The number of halogens is 6. The summed E-state index contributed by atoms with van der Waals surface area (Å²) in [6.45, 7) is 7.85.